The topological polar surface area (TPSA) is 14.1 Å². The van der Waals surface area contributed by atoms with Crippen molar-refractivity contribution in [3.63, 3.8) is 0 Å². The average Bonchev–Trinajstić information content (AvgIpc) is 1.91. The standard InChI is InChI=1S/C5H9FN.K/c1-4-2-7-3-5(4)6;/h4-5H,2-3H2,1H3;/q-1;+1. The van der Waals surface area contributed by atoms with Crippen LogP contribution >= 0.6 is 0 Å². The van der Waals surface area contributed by atoms with Crippen molar-refractivity contribution >= 4 is 0 Å². The largest absolute Gasteiger partial charge is 1.00 e. The van der Waals surface area contributed by atoms with E-state index in [1.807, 2.05) is 6.92 Å². The summed E-state index contributed by atoms with van der Waals surface area (Å²) in [4.78, 5) is 0. The monoisotopic (exact) mass is 141 g/mol. The first-order valence-corrected chi connectivity index (χ1v) is 2.58. The first-order chi connectivity index (χ1) is 3.30. The zero-order chi connectivity index (χ0) is 5.28. The minimum atomic E-state index is -0.653. The molecule has 0 amide bonds. The maximum atomic E-state index is 12.2. The maximum Gasteiger partial charge on any atom is 1.00 e. The summed E-state index contributed by atoms with van der Waals surface area (Å²) in [6, 6.07) is 0. The summed E-state index contributed by atoms with van der Waals surface area (Å²) in [5, 5.41) is 3.87. The molecule has 1 saturated heterocycles. The van der Waals surface area contributed by atoms with Crippen LogP contribution in [-0.2, 0) is 0 Å². The second kappa shape index (κ2) is 4.36. The van der Waals surface area contributed by atoms with Crippen LogP contribution < -0.4 is 51.4 Å². The molecule has 0 aromatic heterocycles. The first-order valence-electron chi connectivity index (χ1n) is 2.58. The van der Waals surface area contributed by atoms with Gasteiger partial charge in [0.2, 0.25) is 0 Å². The van der Waals surface area contributed by atoms with Gasteiger partial charge in [0, 0.05) is 0 Å². The molecular weight excluding hydrogens is 132 g/mol. The van der Waals surface area contributed by atoms with Crippen molar-refractivity contribution in [3.8, 4) is 0 Å². The molecule has 0 aromatic rings. The van der Waals surface area contributed by atoms with E-state index in [1.165, 1.54) is 0 Å². The summed E-state index contributed by atoms with van der Waals surface area (Å²) in [5.74, 6) is 0.181. The molecule has 1 heterocycles. The van der Waals surface area contributed by atoms with Crippen molar-refractivity contribution < 1.29 is 55.8 Å². The van der Waals surface area contributed by atoms with Crippen LogP contribution in [0.15, 0.2) is 0 Å². The molecule has 3 heteroatoms. The van der Waals surface area contributed by atoms with Crippen LogP contribution in [0.1, 0.15) is 6.92 Å². The zero-order valence-electron chi connectivity index (χ0n) is 5.39. The Morgan fingerprint density at radius 2 is 2.12 bits per heavy atom. The molecular formula is C5H9FKN. The van der Waals surface area contributed by atoms with Crippen LogP contribution in [0.2, 0.25) is 0 Å². The summed E-state index contributed by atoms with van der Waals surface area (Å²) in [6.45, 7) is 3.05. The molecule has 0 radical (unpaired) electrons. The Kier molecular flexibility index (Phi) is 5.19. The van der Waals surface area contributed by atoms with Gasteiger partial charge >= 0.3 is 51.4 Å². The van der Waals surface area contributed by atoms with Gasteiger partial charge in [-0.1, -0.05) is 6.92 Å². The van der Waals surface area contributed by atoms with Crippen LogP contribution in [-0.4, -0.2) is 19.3 Å². The molecule has 1 fully saturated rings. The van der Waals surface area contributed by atoms with Gasteiger partial charge in [-0.3, -0.25) is 0 Å². The molecule has 1 nitrogen and oxygen atoms in total. The smallest absolute Gasteiger partial charge is 0.660 e. The van der Waals surface area contributed by atoms with E-state index in [0.29, 0.717) is 6.54 Å². The molecule has 42 valence electrons. The number of hydrogen-bond donors (Lipinski definition) is 0. The number of hydrogen-bond acceptors (Lipinski definition) is 0. The molecule has 2 unspecified atom stereocenters. The van der Waals surface area contributed by atoms with E-state index < -0.39 is 6.17 Å². The van der Waals surface area contributed by atoms with Gasteiger partial charge in [0.15, 0.2) is 0 Å². The van der Waals surface area contributed by atoms with Crippen LogP contribution in [0.3, 0.4) is 0 Å². The predicted octanol–water partition coefficient (Wildman–Crippen LogP) is -1.65. The molecule has 0 N–H and O–H groups in total. The average molecular weight is 141 g/mol. The van der Waals surface area contributed by atoms with Gasteiger partial charge in [0.25, 0.3) is 0 Å². The third kappa shape index (κ3) is 2.41. The molecule has 8 heavy (non-hydrogen) atoms. The van der Waals surface area contributed by atoms with Gasteiger partial charge in [0.1, 0.15) is 0 Å². The number of alkyl halides is 1. The fourth-order valence-electron chi connectivity index (χ4n) is 0.696. The number of halogens is 1. The maximum absolute atomic E-state index is 12.2. The predicted molar refractivity (Wildman–Crippen MR) is 27.2 cm³/mol. The van der Waals surface area contributed by atoms with Crippen molar-refractivity contribution in [2.75, 3.05) is 13.1 Å². The van der Waals surface area contributed by atoms with Gasteiger partial charge < -0.3 is 5.32 Å². The zero-order valence-corrected chi connectivity index (χ0v) is 8.52. The summed E-state index contributed by atoms with van der Waals surface area (Å²) >= 11 is 0. The second-order valence-electron chi connectivity index (χ2n) is 2.08. The molecule has 1 rings (SSSR count). The summed E-state index contributed by atoms with van der Waals surface area (Å²) in [6.07, 6.45) is -0.653. The van der Waals surface area contributed by atoms with Gasteiger partial charge in [-0.15, -0.1) is 13.1 Å². The minimum absolute atomic E-state index is 0. The Balaban J connectivity index is 0.000000490. The summed E-state index contributed by atoms with van der Waals surface area (Å²) < 4.78 is 12.2. The molecule has 0 saturated carbocycles. The van der Waals surface area contributed by atoms with E-state index in [-0.39, 0.29) is 57.3 Å². The van der Waals surface area contributed by atoms with E-state index in [4.69, 9.17) is 0 Å². The van der Waals surface area contributed by atoms with E-state index in [0.717, 1.165) is 6.54 Å². The Morgan fingerprint density at radius 1 is 1.50 bits per heavy atom. The molecule has 0 spiro atoms. The van der Waals surface area contributed by atoms with Gasteiger partial charge in [0.05, 0.1) is 6.17 Å². The third-order valence-electron chi connectivity index (χ3n) is 1.34. The summed E-state index contributed by atoms with van der Waals surface area (Å²) in [7, 11) is 0. The van der Waals surface area contributed by atoms with Gasteiger partial charge in [-0.25, -0.2) is 4.39 Å². The molecule has 0 aliphatic carbocycles. The van der Waals surface area contributed by atoms with Gasteiger partial charge in [-0.05, 0) is 5.92 Å². The van der Waals surface area contributed by atoms with Crippen molar-refractivity contribution in [3.05, 3.63) is 5.32 Å². The fourth-order valence-corrected chi connectivity index (χ4v) is 0.696. The molecule has 1 aliphatic heterocycles. The Labute approximate surface area is 91.8 Å². The van der Waals surface area contributed by atoms with Crippen molar-refractivity contribution in [2.45, 2.75) is 13.1 Å². The van der Waals surface area contributed by atoms with E-state index >= 15 is 0 Å². The normalized spacial score (nSPS) is 36.8. The van der Waals surface area contributed by atoms with E-state index in [9.17, 15) is 4.39 Å². The van der Waals surface area contributed by atoms with Crippen molar-refractivity contribution in [1.29, 1.82) is 0 Å². The number of nitrogens with zero attached hydrogens (tertiary/aromatic N) is 1. The quantitative estimate of drug-likeness (QED) is 0.359. The Bertz CT molecular complexity index is 61.4. The molecule has 1 aliphatic rings. The fraction of sp³-hybridized carbons (Fsp3) is 1.00. The van der Waals surface area contributed by atoms with Crippen LogP contribution in [0, 0.1) is 5.92 Å². The molecule has 2 atom stereocenters. The summed E-state index contributed by atoms with van der Waals surface area (Å²) in [5.41, 5.74) is 0. The van der Waals surface area contributed by atoms with Crippen LogP contribution in [0.5, 0.6) is 0 Å². The third-order valence-corrected chi connectivity index (χ3v) is 1.34. The van der Waals surface area contributed by atoms with Crippen LogP contribution in [0.4, 0.5) is 4.39 Å². The second-order valence-corrected chi connectivity index (χ2v) is 2.08. The minimum Gasteiger partial charge on any atom is -0.660 e. The Morgan fingerprint density at radius 3 is 2.25 bits per heavy atom. The van der Waals surface area contributed by atoms with Crippen molar-refractivity contribution in [1.82, 2.24) is 0 Å². The first kappa shape index (κ1) is 9.53. The van der Waals surface area contributed by atoms with Crippen molar-refractivity contribution in [2.24, 2.45) is 5.92 Å². The molecule has 0 bridgehead atoms. The SMILES string of the molecule is CC1C[N-]CC1F.[K+]. The Hall–Kier alpha value is 1.53. The van der Waals surface area contributed by atoms with Gasteiger partial charge in [-0.2, -0.15) is 0 Å². The number of rotatable bonds is 0. The van der Waals surface area contributed by atoms with E-state index in [2.05, 4.69) is 5.32 Å². The van der Waals surface area contributed by atoms with E-state index in [1.54, 1.807) is 0 Å². The molecule has 0 aromatic carbocycles. The van der Waals surface area contributed by atoms with Crippen LogP contribution in [0.25, 0.3) is 5.32 Å².